The van der Waals surface area contributed by atoms with Gasteiger partial charge in [0.1, 0.15) is 0 Å². The zero-order valence-electron chi connectivity index (χ0n) is 11.6. The van der Waals surface area contributed by atoms with Crippen LogP contribution in [-0.2, 0) is 77.2 Å². The number of hydrogen-bond donors (Lipinski definition) is 0. The normalized spacial score (nSPS) is 5.52. The average Bonchev–Trinajstić information content (AvgIpc) is 2.39. The molecule has 0 saturated heterocycles. The summed E-state index contributed by atoms with van der Waals surface area (Å²) < 4.78 is 7.56. The molecule has 0 bridgehead atoms. The maximum absolute atomic E-state index is 9.26. The number of hydrogen-bond acceptors (Lipinski definition) is 6. The third-order valence-electron chi connectivity index (χ3n) is 0.575. The Morgan fingerprint density at radius 1 is 0.905 bits per heavy atom. The van der Waals surface area contributed by atoms with Crippen molar-refractivity contribution in [3.8, 4) is 0 Å². The summed E-state index contributed by atoms with van der Waals surface area (Å²) in [6.45, 7) is 6.36. The molecule has 0 spiro atoms. The molecule has 0 aliphatic rings. The van der Waals surface area contributed by atoms with Gasteiger partial charge in [0.15, 0.2) is 0 Å². The molecule has 2 N–H and O–H groups in total. The maximum atomic E-state index is 9.26. The molecule has 0 rings (SSSR count). The van der Waals surface area contributed by atoms with E-state index < -0.39 is 12.2 Å². The average molecular weight is 546 g/mol. The van der Waals surface area contributed by atoms with E-state index in [0.717, 1.165) is 14.2 Å². The van der Waals surface area contributed by atoms with Gasteiger partial charge in [0.2, 0.25) is 12.2 Å². The Labute approximate surface area is 163 Å². The summed E-state index contributed by atoms with van der Waals surface area (Å²) in [5, 5.41) is 0. The van der Waals surface area contributed by atoms with E-state index in [4.69, 9.17) is 21.1 Å². The molecule has 0 unspecified atom stereocenters. The van der Waals surface area contributed by atoms with E-state index in [1.165, 1.54) is 0 Å². The van der Waals surface area contributed by atoms with E-state index in [-0.39, 0.29) is 71.0 Å². The van der Waals surface area contributed by atoms with Gasteiger partial charge < -0.3 is 44.4 Å². The van der Waals surface area contributed by atoms with Gasteiger partial charge in [-0.05, 0) is 0 Å². The van der Waals surface area contributed by atoms with E-state index in [9.17, 15) is 9.59 Å². The Morgan fingerprint density at radius 2 is 1.00 bits per heavy atom. The van der Waals surface area contributed by atoms with E-state index >= 15 is 0 Å². The Balaban J connectivity index is -0.0000000239. The van der Waals surface area contributed by atoms with Gasteiger partial charge in [-0.25, -0.2) is 0 Å². The van der Waals surface area contributed by atoms with Crippen LogP contribution in [0.5, 0.6) is 0 Å². The van der Waals surface area contributed by atoms with Crippen LogP contribution in [0.2, 0.25) is 0 Å². The first kappa shape index (κ1) is 42.8. The molecular weight excluding hydrogens is 530 g/mol. The molecule has 0 aromatic rings. The van der Waals surface area contributed by atoms with E-state index in [2.05, 4.69) is 23.3 Å². The van der Waals surface area contributed by atoms with Crippen molar-refractivity contribution in [2.24, 2.45) is 0 Å². The molecule has 0 atom stereocenters. The van der Waals surface area contributed by atoms with Crippen LogP contribution >= 0.6 is 0 Å². The molecular formula is C10H16N2O6V2W. The predicted octanol–water partition coefficient (Wildman–Crippen LogP) is 2.24. The standard InChI is InChI=1S/2C3H4O.2C2H5NO2.2V.W/c2*1-2-3-4;2*1-5-2(3)4;;;/h2*1-2H2;2*1H3,(H2,3,4);;;/q2*-2;;;3*+2/p-2. The van der Waals surface area contributed by atoms with E-state index in [1.54, 1.807) is 12.6 Å². The first-order chi connectivity index (χ1) is 8.37. The van der Waals surface area contributed by atoms with Gasteiger partial charge in [0.25, 0.3) is 0 Å². The minimum absolute atomic E-state index is 0. The minimum atomic E-state index is -0.995. The second-order valence-electron chi connectivity index (χ2n) is 1.77. The Hall–Kier alpha value is -0.263. The molecule has 11 heteroatoms. The molecule has 0 aliphatic carbocycles. The largest absolute Gasteiger partial charge is 2.00 e. The van der Waals surface area contributed by atoms with Gasteiger partial charge in [-0.2, -0.15) is 0 Å². The summed E-state index contributed by atoms with van der Waals surface area (Å²) in [4.78, 5) is 36.5. The van der Waals surface area contributed by atoms with E-state index in [0.29, 0.717) is 0 Å². The molecule has 0 aliphatic heterocycles. The van der Waals surface area contributed by atoms with Crippen LogP contribution in [-0.4, -0.2) is 39.0 Å². The second kappa shape index (κ2) is 50.3. The summed E-state index contributed by atoms with van der Waals surface area (Å²) in [6, 6.07) is 0. The van der Waals surface area contributed by atoms with Gasteiger partial charge in [0, 0.05) is 0 Å². The van der Waals surface area contributed by atoms with Crippen molar-refractivity contribution in [3.63, 3.8) is 0 Å². The van der Waals surface area contributed by atoms with Gasteiger partial charge >= 0.3 is 58.2 Å². The van der Waals surface area contributed by atoms with Crippen molar-refractivity contribution >= 4 is 24.8 Å². The summed E-state index contributed by atoms with van der Waals surface area (Å²) in [7, 11) is 2.32. The zero-order valence-corrected chi connectivity index (χ0v) is 17.3. The second-order valence-corrected chi connectivity index (χ2v) is 1.77. The Kier molecular flexibility index (Phi) is 103. The number of nitrogens with one attached hydrogen (secondary N) is 2. The maximum Gasteiger partial charge on any atom is 2.00 e. The summed E-state index contributed by atoms with van der Waals surface area (Å²) in [5.41, 5.74) is 11.9. The molecule has 0 aromatic heterocycles. The number of amides is 2. The number of carbonyl (C=O) groups is 2. The minimum Gasteiger partial charge on any atom is -0.632 e. The van der Waals surface area contributed by atoms with Gasteiger partial charge in [-0.15, -0.1) is 0 Å². The number of methoxy groups -OCH3 is 2. The van der Waals surface area contributed by atoms with E-state index in [1.807, 2.05) is 0 Å². The quantitative estimate of drug-likeness (QED) is 0.488. The Morgan fingerprint density at radius 3 is 1.00 bits per heavy atom. The van der Waals surface area contributed by atoms with Crippen LogP contribution < -0.4 is 0 Å². The molecule has 2 amide bonds. The van der Waals surface area contributed by atoms with Crippen LogP contribution in [0.15, 0.2) is 0 Å². The molecule has 0 fully saturated rings. The fourth-order valence-corrected chi connectivity index (χ4v) is 0. The fourth-order valence-electron chi connectivity index (χ4n) is 0. The number of ether oxygens (including phenoxy) is 2. The smallest absolute Gasteiger partial charge is 0.632 e. The van der Waals surface area contributed by atoms with Crippen LogP contribution in [0.1, 0.15) is 12.8 Å². The predicted molar refractivity (Wildman–Crippen MR) is 64.8 cm³/mol. The Bertz CT molecular complexity index is 202. The van der Waals surface area contributed by atoms with Crippen LogP contribution in [0.3, 0.4) is 0 Å². The molecule has 0 aromatic carbocycles. The molecule has 0 saturated carbocycles. The third-order valence-corrected chi connectivity index (χ3v) is 0.575. The molecule has 2 radical (unpaired) electrons. The number of carbonyl (C=O) groups excluding carboxylic acids is 4. The first-order valence-electron chi connectivity index (χ1n) is 4.25. The van der Waals surface area contributed by atoms with Crippen LogP contribution in [0.4, 0.5) is 9.59 Å². The third kappa shape index (κ3) is 189. The van der Waals surface area contributed by atoms with Gasteiger partial charge in [-0.1, -0.05) is 0 Å². The van der Waals surface area contributed by atoms with Crippen molar-refractivity contribution in [1.29, 1.82) is 0 Å². The molecule has 21 heavy (non-hydrogen) atoms. The summed E-state index contributed by atoms with van der Waals surface area (Å²) >= 11 is 0. The van der Waals surface area contributed by atoms with Gasteiger partial charge in [0.05, 0.1) is 14.2 Å². The number of rotatable bonds is 2. The summed E-state index contributed by atoms with van der Waals surface area (Å²) in [6.07, 6.45) is 1.68. The van der Waals surface area contributed by atoms with Crippen molar-refractivity contribution in [2.75, 3.05) is 14.2 Å². The van der Waals surface area contributed by atoms with Crippen molar-refractivity contribution in [3.05, 3.63) is 25.3 Å². The van der Waals surface area contributed by atoms with Crippen molar-refractivity contribution in [1.82, 2.24) is 0 Å². The van der Waals surface area contributed by atoms with Crippen molar-refractivity contribution < 1.29 is 86.8 Å². The van der Waals surface area contributed by atoms with Crippen LogP contribution in [0.25, 0.3) is 11.5 Å². The molecule has 8 nitrogen and oxygen atoms in total. The first-order valence-corrected chi connectivity index (χ1v) is 4.25. The summed E-state index contributed by atoms with van der Waals surface area (Å²) in [5.74, 6) is 0. The zero-order chi connectivity index (χ0) is 15.4. The van der Waals surface area contributed by atoms with Crippen LogP contribution in [0, 0.1) is 13.8 Å². The SMILES string of the molecule is COC([NH-])=O.COC([NH-])=O.[CH2-]C[C-]=O.[CH2-]C[C-]=O.[V+2].[V+2].[W+2]. The van der Waals surface area contributed by atoms with Gasteiger partial charge in [-0.3, -0.25) is 35.0 Å². The van der Waals surface area contributed by atoms with Crippen molar-refractivity contribution in [2.45, 2.75) is 12.8 Å². The molecule has 0 heterocycles. The fraction of sp³-hybridized carbons (Fsp3) is 0.400. The monoisotopic (exact) mass is 546 g/mol. The topological polar surface area (TPSA) is 134 Å². The molecule has 118 valence electrons.